The summed E-state index contributed by atoms with van der Waals surface area (Å²) < 4.78 is 19.4. The fraction of sp³-hybridized carbons (Fsp3) is 0.500. The number of likely N-dealkylation sites (N-methyl/N-ethyl adjacent to an activating group) is 1. The van der Waals surface area contributed by atoms with Crippen LogP contribution in [0.3, 0.4) is 0 Å². The third-order valence-corrected chi connectivity index (χ3v) is 4.14. The number of phenols is 1. The Labute approximate surface area is 127 Å². The van der Waals surface area contributed by atoms with Crippen LogP contribution in [0.1, 0.15) is 18.4 Å². The van der Waals surface area contributed by atoms with Gasteiger partial charge in [0, 0.05) is 30.1 Å². The largest absolute Gasteiger partial charge is 0.506 e. The average molecular weight is 317 g/mol. The highest BCUT2D eigenvalue weighted by Gasteiger charge is 2.30. The molecule has 0 aliphatic carbocycles. The maximum atomic E-state index is 14.3. The van der Waals surface area contributed by atoms with Crippen molar-refractivity contribution < 1.29 is 19.0 Å². The third-order valence-electron chi connectivity index (χ3n) is 3.78. The Kier molecular flexibility index (Phi) is 4.90. The first-order valence-electron chi connectivity index (χ1n) is 6.68. The summed E-state index contributed by atoms with van der Waals surface area (Å²) in [4.78, 5) is 11.3. The summed E-state index contributed by atoms with van der Waals surface area (Å²) in [5.41, 5.74) is 0.279. The summed E-state index contributed by atoms with van der Waals surface area (Å²) in [7, 11) is 3.15. The van der Waals surface area contributed by atoms with Gasteiger partial charge in [0.1, 0.15) is 16.5 Å². The lowest BCUT2D eigenvalue weighted by atomic mass is 9.97. The first kappa shape index (κ1) is 15.9. The number of hydrogen-bond donors (Lipinski definition) is 3. The Morgan fingerprint density at radius 2 is 2.38 bits per heavy atom. The summed E-state index contributed by atoms with van der Waals surface area (Å²) in [6, 6.07) is 1.07. The van der Waals surface area contributed by atoms with E-state index in [1.807, 2.05) is 0 Å². The summed E-state index contributed by atoms with van der Waals surface area (Å²) in [6.45, 7) is 0. The van der Waals surface area contributed by atoms with Crippen LogP contribution in [0.5, 0.6) is 11.5 Å². The summed E-state index contributed by atoms with van der Waals surface area (Å²) >= 11 is 5.75. The van der Waals surface area contributed by atoms with Crippen molar-refractivity contribution in [3.8, 4) is 11.5 Å². The molecule has 2 atom stereocenters. The Morgan fingerprint density at radius 3 is 2.90 bits per heavy atom. The molecular weight excluding hydrogens is 299 g/mol. The van der Waals surface area contributed by atoms with Crippen molar-refractivity contribution in [1.82, 2.24) is 10.6 Å². The highest BCUT2D eigenvalue weighted by atomic mass is 35.5. The van der Waals surface area contributed by atoms with E-state index in [9.17, 15) is 14.3 Å². The SMILES string of the molecule is CNC(Cc1c(OC)cc(O)c(Cl)c1F)C1CCC(=O)N1. The first-order valence-corrected chi connectivity index (χ1v) is 7.06. The molecule has 1 amide bonds. The number of benzene rings is 1. The zero-order valence-electron chi connectivity index (χ0n) is 11.9. The van der Waals surface area contributed by atoms with E-state index < -0.39 is 5.82 Å². The van der Waals surface area contributed by atoms with Gasteiger partial charge in [-0.05, 0) is 19.9 Å². The predicted octanol–water partition coefficient (Wildman–Crippen LogP) is 1.60. The number of carbonyl (C=O) groups is 1. The standard InChI is InChI=1S/C14H18ClFN2O3/c1-17-9(8-3-4-12(20)18-8)5-7-11(21-2)6-10(19)13(15)14(7)16/h6,8-9,17,19H,3-5H2,1-2H3,(H,18,20). The van der Waals surface area contributed by atoms with Gasteiger partial charge in [-0.15, -0.1) is 0 Å². The number of carbonyl (C=O) groups excluding carboxylic acids is 1. The fourth-order valence-electron chi connectivity index (χ4n) is 2.60. The number of rotatable bonds is 5. The maximum Gasteiger partial charge on any atom is 0.220 e. The minimum absolute atomic E-state index is 0.00331. The van der Waals surface area contributed by atoms with Gasteiger partial charge in [0.25, 0.3) is 0 Å². The molecule has 21 heavy (non-hydrogen) atoms. The molecule has 1 saturated heterocycles. The Morgan fingerprint density at radius 1 is 1.67 bits per heavy atom. The molecule has 1 aromatic carbocycles. The van der Waals surface area contributed by atoms with E-state index in [2.05, 4.69) is 10.6 Å². The number of aromatic hydroxyl groups is 1. The molecule has 1 fully saturated rings. The highest BCUT2D eigenvalue weighted by Crippen LogP contribution is 2.36. The molecule has 1 aromatic rings. The van der Waals surface area contributed by atoms with Crippen LogP contribution in [0.15, 0.2) is 6.07 Å². The van der Waals surface area contributed by atoms with Crippen molar-refractivity contribution in [3.05, 3.63) is 22.5 Å². The Balaban J connectivity index is 2.28. The lowest BCUT2D eigenvalue weighted by Crippen LogP contribution is -2.45. The van der Waals surface area contributed by atoms with Crippen molar-refractivity contribution in [3.63, 3.8) is 0 Å². The topological polar surface area (TPSA) is 70.6 Å². The number of halogens is 2. The highest BCUT2D eigenvalue weighted by molar-refractivity contribution is 6.32. The molecule has 1 aliphatic heterocycles. The zero-order chi connectivity index (χ0) is 15.6. The molecule has 116 valence electrons. The number of phenolic OH excluding ortho intramolecular Hbond substituents is 1. The van der Waals surface area contributed by atoms with Gasteiger partial charge in [0.15, 0.2) is 5.82 Å². The fourth-order valence-corrected chi connectivity index (χ4v) is 2.77. The number of amides is 1. The minimum atomic E-state index is -0.696. The first-order chi connectivity index (χ1) is 9.97. The molecule has 3 N–H and O–H groups in total. The van der Waals surface area contributed by atoms with Gasteiger partial charge < -0.3 is 20.5 Å². The number of hydrogen-bond acceptors (Lipinski definition) is 4. The molecule has 0 saturated carbocycles. The van der Waals surface area contributed by atoms with E-state index in [4.69, 9.17) is 16.3 Å². The van der Waals surface area contributed by atoms with E-state index in [1.54, 1.807) is 7.05 Å². The molecule has 2 rings (SSSR count). The molecule has 0 radical (unpaired) electrons. The second kappa shape index (κ2) is 6.49. The predicted molar refractivity (Wildman–Crippen MR) is 77.3 cm³/mol. The lowest BCUT2D eigenvalue weighted by Gasteiger charge is -2.24. The molecule has 0 spiro atoms. The van der Waals surface area contributed by atoms with Gasteiger partial charge in [-0.1, -0.05) is 11.6 Å². The van der Waals surface area contributed by atoms with Crippen LogP contribution in [-0.2, 0) is 11.2 Å². The van der Waals surface area contributed by atoms with Gasteiger partial charge >= 0.3 is 0 Å². The molecular formula is C14H18ClFN2O3. The van der Waals surface area contributed by atoms with Gasteiger partial charge in [0.2, 0.25) is 5.91 Å². The molecule has 0 aromatic heterocycles. The molecule has 5 nitrogen and oxygen atoms in total. The van der Waals surface area contributed by atoms with Gasteiger partial charge in [-0.25, -0.2) is 4.39 Å². The number of nitrogens with one attached hydrogen (secondary N) is 2. The third kappa shape index (κ3) is 3.22. The van der Waals surface area contributed by atoms with E-state index in [0.29, 0.717) is 12.8 Å². The molecule has 1 aliphatic rings. The van der Waals surface area contributed by atoms with Gasteiger partial charge in [0.05, 0.1) is 7.11 Å². The van der Waals surface area contributed by atoms with Crippen LogP contribution in [-0.4, -0.2) is 37.3 Å². The summed E-state index contributed by atoms with van der Waals surface area (Å²) in [5, 5.41) is 15.2. The Hall–Kier alpha value is -1.53. The van der Waals surface area contributed by atoms with Crippen LogP contribution in [0.4, 0.5) is 4.39 Å². The average Bonchev–Trinajstić information content (AvgIpc) is 2.90. The number of methoxy groups -OCH3 is 1. The van der Waals surface area contributed by atoms with Gasteiger partial charge in [-0.3, -0.25) is 4.79 Å². The van der Waals surface area contributed by atoms with Crippen molar-refractivity contribution in [2.75, 3.05) is 14.2 Å². The van der Waals surface area contributed by atoms with Crippen molar-refractivity contribution in [1.29, 1.82) is 0 Å². The molecule has 1 heterocycles. The zero-order valence-corrected chi connectivity index (χ0v) is 12.6. The van der Waals surface area contributed by atoms with Crippen LogP contribution in [0.2, 0.25) is 5.02 Å². The van der Waals surface area contributed by atoms with Crippen molar-refractivity contribution in [2.45, 2.75) is 31.3 Å². The molecule has 7 heteroatoms. The smallest absolute Gasteiger partial charge is 0.220 e. The monoisotopic (exact) mass is 316 g/mol. The minimum Gasteiger partial charge on any atom is -0.506 e. The van der Waals surface area contributed by atoms with Crippen LogP contribution < -0.4 is 15.4 Å². The van der Waals surface area contributed by atoms with Crippen LogP contribution in [0.25, 0.3) is 0 Å². The second-order valence-corrected chi connectivity index (χ2v) is 5.39. The normalized spacial score (nSPS) is 19.4. The Bertz CT molecular complexity index is 554. The number of ether oxygens (including phenoxy) is 1. The van der Waals surface area contributed by atoms with E-state index in [0.717, 1.165) is 0 Å². The van der Waals surface area contributed by atoms with Crippen molar-refractivity contribution in [2.24, 2.45) is 0 Å². The van der Waals surface area contributed by atoms with Crippen LogP contribution >= 0.6 is 11.6 Å². The van der Waals surface area contributed by atoms with Gasteiger partial charge in [-0.2, -0.15) is 0 Å². The second-order valence-electron chi connectivity index (χ2n) is 5.02. The molecule has 0 bridgehead atoms. The van der Waals surface area contributed by atoms with E-state index >= 15 is 0 Å². The summed E-state index contributed by atoms with van der Waals surface area (Å²) in [6.07, 6.45) is 1.45. The van der Waals surface area contributed by atoms with E-state index in [1.165, 1.54) is 13.2 Å². The van der Waals surface area contributed by atoms with Crippen LogP contribution in [0, 0.1) is 5.82 Å². The lowest BCUT2D eigenvalue weighted by molar-refractivity contribution is -0.119. The quantitative estimate of drug-likeness (QED) is 0.772. The van der Waals surface area contributed by atoms with Crippen molar-refractivity contribution >= 4 is 17.5 Å². The molecule has 2 unspecified atom stereocenters. The summed E-state index contributed by atoms with van der Waals surface area (Å²) in [5.74, 6) is -0.821. The van der Waals surface area contributed by atoms with E-state index in [-0.39, 0.29) is 46.5 Å². The maximum absolute atomic E-state index is 14.3.